The van der Waals surface area contributed by atoms with E-state index in [-0.39, 0.29) is 0 Å². The Morgan fingerprint density at radius 2 is 1.89 bits per heavy atom. The summed E-state index contributed by atoms with van der Waals surface area (Å²) in [4.78, 5) is 1.08. The molecule has 0 unspecified atom stereocenters. The van der Waals surface area contributed by atoms with E-state index in [4.69, 9.17) is 22.6 Å². The minimum Gasteiger partial charge on any atom is -0.398 e. The van der Waals surface area contributed by atoms with Gasteiger partial charge in [-0.25, -0.2) is 0 Å². The number of anilines is 1. The molecule has 0 amide bonds. The molecule has 0 aliphatic rings. The second-order valence-corrected chi connectivity index (χ2v) is 5.24. The van der Waals surface area contributed by atoms with Gasteiger partial charge in [-0.15, -0.1) is 11.8 Å². The molecule has 0 fully saturated rings. The summed E-state index contributed by atoms with van der Waals surface area (Å²) >= 11 is 7.65. The van der Waals surface area contributed by atoms with E-state index in [9.17, 15) is 0 Å². The zero-order chi connectivity index (χ0) is 13.0. The van der Waals surface area contributed by atoms with E-state index >= 15 is 0 Å². The highest BCUT2D eigenvalue weighted by molar-refractivity contribution is 7.98. The summed E-state index contributed by atoms with van der Waals surface area (Å²) in [5, 5.41) is 9.29. The van der Waals surface area contributed by atoms with Crippen molar-refractivity contribution in [2.45, 2.75) is 10.6 Å². The lowest BCUT2D eigenvalue weighted by atomic mass is 10.2. The number of rotatable bonds is 3. The van der Waals surface area contributed by atoms with Crippen molar-refractivity contribution >= 4 is 29.1 Å². The van der Waals surface area contributed by atoms with E-state index in [2.05, 4.69) is 6.07 Å². The molecule has 18 heavy (non-hydrogen) atoms. The SMILES string of the molecule is N#Cc1ccc(CSc2ccc(N)c(Cl)c2)cc1. The molecule has 2 aromatic carbocycles. The number of nitrogens with zero attached hydrogens (tertiary/aromatic N) is 1. The van der Waals surface area contributed by atoms with Crippen LogP contribution in [-0.2, 0) is 5.75 Å². The summed E-state index contributed by atoms with van der Waals surface area (Å²) < 4.78 is 0. The highest BCUT2D eigenvalue weighted by Gasteiger charge is 2.00. The van der Waals surface area contributed by atoms with Gasteiger partial charge in [0, 0.05) is 10.6 Å². The highest BCUT2D eigenvalue weighted by Crippen LogP contribution is 2.28. The zero-order valence-electron chi connectivity index (χ0n) is 9.56. The molecular weight excluding hydrogens is 264 g/mol. The lowest BCUT2D eigenvalue weighted by Crippen LogP contribution is -1.86. The quantitative estimate of drug-likeness (QED) is 0.677. The van der Waals surface area contributed by atoms with Gasteiger partial charge in [0.2, 0.25) is 0 Å². The molecule has 0 spiro atoms. The van der Waals surface area contributed by atoms with E-state index in [1.54, 1.807) is 11.8 Å². The highest BCUT2D eigenvalue weighted by atomic mass is 35.5. The zero-order valence-corrected chi connectivity index (χ0v) is 11.1. The van der Waals surface area contributed by atoms with Crippen molar-refractivity contribution in [2.75, 3.05) is 5.73 Å². The second-order valence-electron chi connectivity index (χ2n) is 3.78. The minimum atomic E-state index is 0.583. The Bertz CT molecular complexity index is 588. The largest absolute Gasteiger partial charge is 0.398 e. The Hall–Kier alpha value is -1.63. The molecular formula is C14H11ClN2S. The topological polar surface area (TPSA) is 49.8 Å². The average Bonchev–Trinajstić information content (AvgIpc) is 2.41. The molecule has 0 aromatic heterocycles. The number of thioether (sulfide) groups is 1. The van der Waals surface area contributed by atoms with E-state index in [0.717, 1.165) is 10.6 Å². The lowest BCUT2D eigenvalue weighted by molar-refractivity contribution is 1.37. The molecule has 2 nitrogen and oxygen atoms in total. The monoisotopic (exact) mass is 274 g/mol. The molecule has 0 saturated carbocycles. The van der Waals surface area contributed by atoms with Gasteiger partial charge in [-0.1, -0.05) is 23.7 Å². The fraction of sp³-hybridized carbons (Fsp3) is 0.0714. The van der Waals surface area contributed by atoms with Gasteiger partial charge in [0.1, 0.15) is 0 Å². The van der Waals surface area contributed by atoms with Crippen LogP contribution < -0.4 is 5.73 Å². The van der Waals surface area contributed by atoms with E-state index < -0.39 is 0 Å². The van der Waals surface area contributed by atoms with E-state index in [0.29, 0.717) is 16.3 Å². The number of nitrogens with two attached hydrogens (primary N) is 1. The summed E-state index contributed by atoms with van der Waals surface area (Å²) in [5.41, 5.74) is 8.11. The predicted octanol–water partition coefficient (Wildman–Crippen LogP) is 4.09. The third-order valence-electron chi connectivity index (χ3n) is 2.46. The van der Waals surface area contributed by atoms with Crippen LogP contribution in [0.2, 0.25) is 5.02 Å². The normalized spacial score (nSPS) is 10.0. The summed E-state index contributed by atoms with van der Waals surface area (Å²) in [6.45, 7) is 0. The van der Waals surface area contributed by atoms with Gasteiger partial charge in [0.15, 0.2) is 0 Å². The van der Waals surface area contributed by atoms with Crippen LogP contribution in [0.1, 0.15) is 11.1 Å². The third kappa shape index (κ3) is 3.19. The fourth-order valence-electron chi connectivity index (χ4n) is 1.44. The Morgan fingerprint density at radius 1 is 1.17 bits per heavy atom. The minimum absolute atomic E-state index is 0.583. The van der Waals surface area contributed by atoms with Gasteiger partial charge < -0.3 is 5.73 Å². The summed E-state index contributed by atoms with van der Waals surface area (Å²) in [6, 6.07) is 15.3. The van der Waals surface area contributed by atoms with Crippen LogP contribution in [-0.4, -0.2) is 0 Å². The maximum Gasteiger partial charge on any atom is 0.0991 e. The van der Waals surface area contributed by atoms with E-state index in [1.807, 2.05) is 42.5 Å². The van der Waals surface area contributed by atoms with Crippen LogP contribution >= 0.6 is 23.4 Å². The standard InChI is InChI=1S/C14H11ClN2S/c15-13-7-12(5-6-14(13)17)18-9-11-3-1-10(8-16)2-4-11/h1-7H,9,17H2. The van der Waals surface area contributed by atoms with Crippen molar-refractivity contribution in [1.82, 2.24) is 0 Å². The van der Waals surface area contributed by atoms with Gasteiger partial charge in [-0.3, -0.25) is 0 Å². The molecule has 0 radical (unpaired) electrons. The van der Waals surface area contributed by atoms with Gasteiger partial charge in [-0.05, 0) is 35.9 Å². The summed E-state index contributed by atoms with van der Waals surface area (Å²) in [7, 11) is 0. The average molecular weight is 275 g/mol. The van der Waals surface area contributed by atoms with Crippen molar-refractivity contribution in [3.05, 3.63) is 58.6 Å². The van der Waals surface area contributed by atoms with Gasteiger partial charge in [-0.2, -0.15) is 5.26 Å². The Morgan fingerprint density at radius 3 is 2.50 bits per heavy atom. The van der Waals surface area contributed by atoms with Crippen molar-refractivity contribution in [2.24, 2.45) is 0 Å². The van der Waals surface area contributed by atoms with Crippen LogP contribution in [0.4, 0.5) is 5.69 Å². The van der Waals surface area contributed by atoms with Crippen molar-refractivity contribution < 1.29 is 0 Å². The Balaban J connectivity index is 2.02. The number of nitriles is 1. The van der Waals surface area contributed by atoms with Gasteiger partial charge in [0.25, 0.3) is 0 Å². The first-order chi connectivity index (χ1) is 8.69. The maximum absolute atomic E-state index is 8.71. The first kappa shape index (κ1) is 12.8. The number of benzene rings is 2. The molecule has 0 bridgehead atoms. The van der Waals surface area contributed by atoms with E-state index in [1.165, 1.54) is 5.56 Å². The predicted molar refractivity (Wildman–Crippen MR) is 76.6 cm³/mol. The Labute approximate surface area is 115 Å². The van der Waals surface area contributed by atoms with Crippen LogP contribution in [0, 0.1) is 11.3 Å². The number of halogens is 1. The molecule has 0 aliphatic heterocycles. The summed E-state index contributed by atoms with van der Waals surface area (Å²) in [6.07, 6.45) is 0. The van der Waals surface area contributed by atoms with Gasteiger partial charge in [0.05, 0.1) is 22.3 Å². The summed E-state index contributed by atoms with van der Waals surface area (Å²) in [5.74, 6) is 0.839. The number of hydrogen-bond acceptors (Lipinski definition) is 3. The van der Waals surface area contributed by atoms with Crippen molar-refractivity contribution in [3.63, 3.8) is 0 Å². The van der Waals surface area contributed by atoms with Crippen LogP contribution in [0.3, 0.4) is 0 Å². The molecule has 2 rings (SSSR count). The van der Waals surface area contributed by atoms with Crippen LogP contribution in [0.5, 0.6) is 0 Å². The molecule has 0 heterocycles. The number of hydrogen-bond donors (Lipinski definition) is 1. The third-order valence-corrected chi connectivity index (χ3v) is 3.85. The molecule has 2 aromatic rings. The van der Waals surface area contributed by atoms with Crippen molar-refractivity contribution in [1.29, 1.82) is 5.26 Å². The smallest absolute Gasteiger partial charge is 0.0991 e. The molecule has 0 atom stereocenters. The van der Waals surface area contributed by atoms with Crippen LogP contribution in [0.15, 0.2) is 47.4 Å². The molecule has 90 valence electrons. The maximum atomic E-state index is 8.71. The van der Waals surface area contributed by atoms with Crippen molar-refractivity contribution in [3.8, 4) is 6.07 Å². The van der Waals surface area contributed by atoms with Crippen LogP contribution in [0.25, 0.3) is 0 Å². The second kappa shape index (κ2) is 5.81. The molecule has 0 saturated heterocycles. The molecule has 2 N–H and O–H groups in total. The molecule has 4 heteroatoms. The van der Waals surface area contributed by atoms with Gasteiger partial charge >= 0.3 is 0 Å². The Kier molecular flexibility index (Phi) is 4.14. The lowest BCUT2D eigenvalue weighted by Gasteiger charge is -2.04. The number of nitrogen functional groups attached to an aromatic ring is 1. The molecule has 0 aliphatic carbocycles. The first-order valence-corrected chi connectivity index (χ1v) is 6.72. The fourth-order valence-corrected chi connectivity index (χ4v) is 2.58. The first-order valence-electron chi connectivity index (χ1n) is 5.36.